The van der Waals surface area contributed by atoms with Crippen molar-refractivity contribution in [2.24, 2.45) is 5.92 Å². The lowest BCUT2D eigenvalue weighted by atomic mass is 10.1. The minimum Gasteiger partial charge on any atom is -0.326 e. The van der Waals surface area contributed by atoms with Gasteiger partial charge in [-0.3, -0.25) is 24.1 Å². The average Bonchev–Trinajstić information content (AvgIpc) is 3.65. The van der Waals surface area contributed by atoms with E-state index in [0.717, 1.165) is 18.4 Å². The first kappa shape index (κ1) is 20.6. The fourth-order valence-corrected chi connectivity index (χ4v) is 3.79. The molecule has 1 aliphatic carbocycles. The van der Waals surface area contributed by atoms with E-state index >= 15 is 0 Å². The number of hydrogen-bond acceptors (Lipinski definition) is 4. The van der Waals surface area contributed by atoms with Gasteiger partial charge in [0.05, 0.1) is 17.7 Å². The molecule has 3 aromatic rings. The average molecular weight is 439 g/mol. The Labute approximate surface area is 190 Å². The molecule has 3 aromatic carbocycles. The van der Waals surface area contributed by atoms with Crippen molar-refractivity contribution in [3.63, 3.8) is 0 Å². The highest BCUT2D eigenvalue weighted by Gasteiger charge is 2.35. The summed E-state index contributed by atoms with van der Waals surface area (Å²) in [6, 6.07) is 20.5. The molecule has 7 nitrogen and oxygen atoms in total. The van der Waals surface area contributed by atoms with Crippen LogP contribution in [0.15, 0.2) is 72.8 Å². The molecule has 0 spiro atoms. The molecule has 0 saturated heterocycles. The van der Waals surface area contributed by atoms with Gasteiger partial charge >= 0.3 is 0 Å². The topological polar surface area (TPSA) is 95.6 Å². The van der Waals surface area contributed by atoms with E-state index in [2.05, 4.69) is 10.6 Å². The number of imide groups is 1. The smallest absolute Gasteiger partial charge is 0.261 e. The molecule has 1 aliphatic heterocycles. The number of carbonyl (C=O) groups is 4. The lowest BCUT2D eigenvalue weighted by Crippen LogP contribution is -2.29. The van der Waals surface area contributed by atoms with Crippen molar-refractivity contribution in [2.45, 2.75) is 19.4 Å². The number of rotatable bonds is 6. The molecule has 0 radical (unpaired) electrons. The summed E-state index contributed by atoms with van der Waals surface area (Å²) in [5.74, 6) is -0.820. The fraction of sp³-hybridized carbons (Fsp3) is 0.154. The molecule has 0 atom stereocenters. The third-order valence-corrected chi connectivity index (χ3v) is 5.77. The number of nitrogens with zero attached hydrogens (tertiary/aromatic N) is 1. The summed E-state index contributed by atoms with van der Waals surface area (Å²) >= 11 is 0. The number of fused-ring (bicyclic) bond motifs is 1. The lowest BCUT2D eigenvalue weighted by molar-refractivity contribution is -0.117. The van der Waals surface area contributed by atoms with Crippen LogP contribution < -0.4 is 10.6 Å². The van der Waals surface area contributed by atoms with Gasteiger partial charge in [-0.2, -0.15) is 0 Å². The summed E-state index contributed by atoms with van der Waals surface area (Å²) < 4.78 is 0. The van der Waals surface area contributed by atoms with Crippen molar-refractivity contribution >= 4 is 35.0 Å². The molecule has 0 aromatic heterocycles. The van der Waals surface area contributed by atoms with E-state index in [-0.39, 0.29) is 36.1 Å². The Balaban J connectivity index is 1.23. The molecular formula is C26H21N3O4. The van der Waals surface area contributed by atoms with Crippen molar-refractivity contribution in [2.75, 3.05) is 10.6 Å². The predicted octanol–water partition coefficient (Wildman–Crippen LogP) is 4.08. The molecule has 1 saturated carbocycles. The first-order valence-electron chi connectivity index (χ1n) is 10.8. The maximum atomic E-state index is 12.7. The van der Waals surface area contributed by atoms with Crippen LogP contribution in [0.3, 0.4) is 0 Å². The zero-order valence-electron chi connectivity index (χ0n) is 17.7. The van der Waals surface area contributed by atoms with E-state index in [1.807, 2.05) is 0 Å². The van der Waals surface area contributed by atoms with E-state index < -0.39 is 0 Å². The van der Waals surface area contributed by atoms with Gasteiger partial charge in [0.1, 0.15) is 0 Å². The zero-order chi connectivity index (χ0) is 22.9. The van der Waals surface area contributed by atoms with Crippen molar-refractivity contribution < 1.29 is 19.2 Å². The van der Waals surface area contributed by atoms with Gasteiger partial charge in [-0.05, 0) is 60.9 Å². The Morgan fingerprint density at radius 1 is 0.788 bits per heavy atom. The monoisotopic (exact) mass is 439 g/mol. The van der Waals surface area contributed by atoms with Gasteiger partial charge in [-0.1, -0.05) is 30.3 Å². The predicted molar refractivity (Wildman–Crippen MR) is 123 cm³/mol. The number of amides is 4. The molecule has 164 valence electrons. The van der Waals surface area contributed by atoms with Crippen LogP contribution in [0.4, 0.5) is 11.4 Å². The van der Waals surface area contributed by atoms with E-state index in [0.29, 0.717) is 28.1 Å². The van der Waals surface area contributed by atoms with Crippen molar-refractivity contribution in [3.05, 3.63) is 95.1 Å². The van der Waals surface area contributed by atoms with Gasteiger partial charge in [0.2, 0.25) is 5.91 Å². The largest absolute Gasteiger partial charge is 0.326 e. The Bertz CT molecular complexity index is 1240. The molecule has 7 heteroatoms. The second-order valence-corrected chi connectivity index (χ2v) is 8.24. The van der Waals surface area contributed by atoms with Crippen LogP contribution in [0.25, 0.3) is 0 Å². The van der Waals surface area contributed by atoms with Crippen LogP contribution in [0.1, 0.15) is 49.5 Å². The normalized spacial score (nSPS) is 14.7. The molecular weight excluding hydrogens is 418 g/mol. The molecule has 4 amide bonds. The zero-order valence-corrected chi connectivity index (χ0v) is 17.7. The highest BCUT2D eigenvalue weighted by Crippen LogP contribution is 2.30. The number of benzene rings is 3. The van der Waals surface area contributed by atoms with Crippen LogP contribution in [-0.2, 0) is 11.3 Å². The van der Waals surface area contributed by atoms with Crippen molar-refractivity contribution in [3.8, 4) is 0 Å². The Morgan fingerprint density at radius 2 is 1.39 bits per heavy atom. The van der Waals surface area contributed by atoms with Gasteiger partial charge in [0.15, 0.2) is 0 Å². The highest BCUT2D eigenvalue weighted by molar-refractivity contribution is 6.21. The second-order valence-electron chi connectivity index (χ2n) is 8.24. The molecule has 0 unspecified atom stereocenters. The number of anilines is 2. The first-order valence-corrected chi connectivity index (χ1v) is 10.8. The van der Waals surface area contributed by atoms with E-state index in [4.69, 9.17) is 0 Å². The third-order valence-electron chi connectivity index (χ3n) is 5.77. The standard InChI is InChI=1S/C26H21N3O4/c30-23(27-19-4-3-5-20(14-19)28-24(31)18-12-13-18)17-10-8-16(9-11-17)15-29-25(32)21-6-1-2-7-22(21)26(29)33/h1-11,14,18H,12-13,15H2,(H,27,30)(H,28,31). The maximum absolute atomic E-state index is 12.7. The third kappa shape index (κ3) is 4.25. The van der Waals surface area contributed by atoms with Crippen molar-refractivity contribution in [1.29, 1.82) is 0 Å². The highest BCUT2D eigenvalue weighted by atomic mass is 16.2. The maximum Gasteiger partial charge on any atom is 0.261 e. The van der Waals surface area contributed by atoms with Crippen LogP contribution in [0.2, 0.25) is 0 Å². The summed E-state index contributed by atoms with van der Waals surface area (Å²) in [5, 5.41) is 5.69. The van der Waals surface area contributed by atoms with Crippen LogP contribution in [0, 0.1) is 5.92 Å². The number of nitrogens with one attached hydrogen (secondary N) is 2. The van der Waals surface area contributed by atoms with E-state index in [9.17, 15) is 19.2 Å². The summed E-state index contributed by atoms with van der Waals surface area (Å²) in [4.78, 5) is 50.9. The Morgan fingerprint density at radius 3 is 2.00 bits per heavy atom. The van der Waals surface area contributed by atoms with E-state index in [1.54, 1.807) is 72.8 Å². The number of carbonyl (C=O) groups excluding carboxylic acids is 4. The van der Waals surface area contributed by atoms with Crippen LogP contribution in [0.5, 0.6) is 0 Å². The van der Waals surface area contributed by atoms with Gasteiger partial charge in [-0.25, -0.2) is 0 Å². The van der Waals surface area contributed by atoms with Crippen LogP contribution >= 0.6 is 0 Å². The fourth-order valence-electron chi connectivity index (χ4n) is 3.79. The quantitative estimate of drug-likeness (QED) is 0.566. The van der Waals surface area contributed by atoms with Crippen LogP contribution in [-0.4, -0.2) is 28.5 Å². The van der Waals surface area contributed by atoms with Gasteiger partial charge in [-0.15, -0.1) is 0 Å². The van der Waals surface area contributed by atoms with Crippen molar-refractivity contribution in [1.82, 2.24) is 4.90 Å². The summed E-state index contributed by atoms with van der Waals surface area (Å²) in [7, 11) is 0. The van der Waals surface area contributed by atoms with Gasteiger partial charge in [0, 0.05) is 22.9 Å². The molecule has 1 fully saturated rings. The molecule has 33 heavy (non-hydrogen) atoms. The summed E-state index contributed by atoms with van der Waals surface area (Å²) in [5.41, 5.74) is 3.21. The SMILES string of the molecule is O=C(Nc1cccc(NC(=O)C2CC2)c1)c1ccc(CN2C(=O)c3ccccc3C2=O)cc1. The lowest BCUT2D eigenvalue weighted by Gasteiger charge is -2.14. The Hall–Kier alpha value is -4.26. The van der Waals surface area contributed by atoms with Gasteiger partial charge in [0.25, 0.3) is 17.7 Å². The molecule has 2 N–H and O–H groups in total. The summed E-state index contributed by atoms with van der Waals surface area (Å²) in [6.45, 7) is 0.136. The minimum atomic E-state index is -0.314. The minimum absolute atomic E-state index is 0.00660. The molecule has 5 rings (SSSR count). The summed E-state index contributed by atoms with van der Waals surface area (Å²) in [6.07, 6.45) is 1.84. The van der Waals surface area contributed by atoms with E-state index in [1.165, 1.54) is 4.90 Å². The molecule has 0 bridgehead atoms. The molecule has 2 aliphatic rings. The first-order chi connectivity index (χ1) is 16.0. The van der Waals surface area contributed by atoms with Gasteiger partial charge < -0.3 is 10.6 Å². The second kappa shape index (κ2) is 8.35. The Kier molecular flexibility index (Phi) is 5.22. The molecule has 1 heterocycles. The number of hydrogen-bond donors (Lipinski definition) is 2.